The van der Waals surface area contributed by atoms with E-state index in [1.807, 2.05) is 6.92 Å². The first-order valence-electron chi connectivity index (χ1n) is 9.10. The quantitative estimate of drug-likeness (QED) is 0.800. The number of hydrogen-bond acceptors (Lipinski definition) is 5. The molecule has 1 aliphatic rings. The molecule has 0 spiro atoms. The first-order valence-corrected chi connectivity index (χ1v) is 10.6. The van der Waals surface area contributed by atoms with Crippen molar-refractivity contribution in [2.24, 2.45) is 0 Å². The maximum atomic E-state index is 12.8. The van der Waals surface area contributed by atoms with E-state index in [1.165, 1.54) is 12.1 Å². The zero-order valence-electron chi connectivity index (χ0n) is 16.2. The predicted molar refractivity (Wildman–Crippen MR) is 107 cm³/mol. The molecule has 3 rings (SSSR count). The number of nitrogens with zero attached hydrogens (tertiary/aromatic N) is 1. The molecule has 0 atom stereocenters. The van der Waals surface area contributed by atoms with E-state index >= 15 is 0 Å². The second-order valence-corrected chi connectivity index (χ2v) is 8.35. The lowest BCUT2D eigenvalue weighted by molar-refractivity contribution is 0.0796. The predicted octanol–water partition coefficient (Wildman–Crippen LogP) is 3.05. The maximum Gasteiger partial charge on any atom is 0.261 e. The Labute approximate surface area is 165 Å². The molecule has 8 heteroatoms. The Bertz CT molecular complexity index is 988. The molecule has 0 fully saturated rings. The molecule has 2 aromatic carbocycles. The number of ether oxygens (including phenoxy) is 2. The molecule has 0 aliphatic carbocycles. The van der Waals surface area contributed by atoms with Crippen LogP contribution in [0.5, 0.6) is 11.5 Å². The van der Waals surface area contributed by atoms with Crippen molar-refractivity contribution in [1.29, 1.82) is 0 Å². The minimum atomic E-state index is -3.81. The number of likely N-dealkylation sites (N-methyl/N-ethyl adjacent to an activating group) is 1. The lowest BCUT2D eigenvalue weighted by Gasteiger charge is -2.14. The minimum absolute atomic E-state index is 0.128. The SMILES string of the molecule is CCCOc1ccc(S(=O)(=O)Nc2ccc3c(c2)C(=O)N(C)CCO3)cc1C. The van der Waals surface area contributed by atoms with Gasteiger partial charge in [0, 0.05) is 12.7 Å². The Morgan fingerprint density at radius 1 is 1.21 bits per heavy atom. The number of fused-ring (bicyclic) bond motifs is 1. The molecule has 0 bridgehead atoms. The van der Waals surface area contributed by atoms with Gasteiger partial charge in [0.2, 0.25) is 0 Å². The fourth-order valence-corrected chi connectivity index (χ4v) is 4.00. The van der Waals surface area contributed by atoms with E-state index < -0.39 is 10.0 Å². The number of carbonyl (C=O) groups is 1. The third-order valence-electron chi connectivity index (χ3n) is 4.41. The highest BCUT2D eigenvalue weighted by molar-refractivity contribution is 7.92. The zero-order valence-corrected chi connectivity index (χ0v) is 17.0. The minimum Gasteiger partial charge on any atom is -0.493 e. The number of aryl methyl sites for hydroxylation is 1. The Morgan fingerprint density at radius 3 is 2.71 bits per heavy atom. The van der Waals surface area contributed by atoms with Gasteiger partial charge in [0.25, 0.3) is 15.9 Å². The van der Waals surface area contributed by atoms with Crippen LogP contribution in [0.1, 0.15) is 29.3 Å². The van der Waals surface area contributed by atoms with Crippen LogP contribution in [0, 0.1) is 6.92 Å². The molecule has 0 unspecified atom stereocenters. The second-order valence-electron chi connectivity index (χ2n) is 6.67. The van der Waals surface area contributed by atoms with Crippen molar-refractivity contribution in [3.63, 3.8) is 0 Å². The molecular weight excluding hydrogens is 380 g/mol. The van der Waals surface area contributed by atoms with E-state index in [2.05, 4.69) is 4.72 Å². The number of benzene rings is 2. The van der Waals surface area contributed by atoms with E-state index in [0.717, 1.165) is 12.0 Å². The Morgan fingerprint density at radius 2 is 2.00 bits per heavy atom. The number of nitrogens with one attached hydrogen (secondary N) is 1. The fourth-order valence-electron chi connectivity index (χ4n) is 2.86. The third-order valence-corrected chi connectivity index (χ3v) is 5.79. The molecule has 1 heterocycles. The zero-order chi connectivity index (χ0) is 20.3. The van der Waals surface area contributed by atoms with Crippen LogP contribution in [0.15, 0.2) is 41.3 Å². The van der Waals surface area contributed by atoms with Crippen LogP contribution in [-0.4, -0.2) is 46.0 Å². The molecule has 0 aromatic heterocycles. The molecule has 2 aromatic rings. The van der Waals surface area contributed by atoms with E-state index in [-0.39, 0.29) is 10.8 Å². The largest absolute Gasteiger partial charge is 0.493 e. The van der Waals surface area contributed by atoms with Crippen LogP contribution in [0.3, 0.4) is 0 Å². The molecule has 1 aliphatic heterocycles. The lowest BCUT2D eigenvalue weighted by Crippen LogP contribution is -2.27. The Balaban J connectivity index is 1.86. The van der Waals surface area contributed by atoms with Gasteiger partial charge in [0.05, 0.1) is 23.6 Å². The normalized spacial score (nSPS) is 14.1. The summed E-state index contributed by atoms with van der Waals surface area (Å²) in [6.07, 6.45) is 0.872. The van der Waals surface area contributed by atoms with E-state index in [4.69, 9.17) is 9.47 Å². The van der Waals surface area contributed by atoms with Crippen molar-refractivity contribution in [1.82, 2.24) is 4.90 Å². The number of carbonyl (C=O) groups excluding carboxylic acids is 1. The van der Waals surface area contributed by atoms with Crippen LogP contribution in [-0.2, 0) is 10.0 Å². The summed E-state index contributed by atoms with van der Waals surface area (Å²) in [5, 5.41) is 0. The number of rotatable bonds is 6. The first kappa shape index (κ1) is 20.0. The molecule has 28 heavy (non-hydrogen) atoms. The summed E-state index contributed by atoms with van der Waals surface area (Å²) in [5.41, 5.74) is 1.37. The summed E-state index contributed by atoms with van der Waals surface area (Å²) in [6.45, 7) is 5.25. The molecule has 1 amide bonds. The Kier molecular flexibility index (Phi) is 5.79. The Hall–Kier alpha value is -2.74. The summed E-state index contributed by atoms with van der Waals surface area (Å²) in [5.74, 6) is 0.906. The molecule has 150 valence electrons. The van der Waals surface area contributed by atoms with Crippen molar-refractivity contribution < 1.29 is 22.7 Å². The van der Waals surface area contributed by atoms with E-state index in [0.29, 0.717) is 42.5 Å². The number of hydrogen-bond donors (Lipinski definition) is 1. The van der Waals surface area contributed by atoms with Gasteiger partial charge >= 0.3 is 0 Å². The van der Waals surface area contributed by atoms with Gasteiger partial charge in [-0.05, 0) is 55.3 Å². The van der Waals surface area contributed by atoms with Crippen molar-refractivity contribution in [3.05, 3.63) is 47.5 Å². The molecule has 7 nitrogen and oxygen atoms in total. The third kappa shape index (κ3) is 4.22. The topological polar surface area (TPSA) is 84.9 Å². The van der Waals surface area contributed by atoms with Gasteiger partial charge in [-0.25, -0.2) is 8.42 Å². The summed E-state index contributed by atoms with van der Waals surface area (Å²) in [7, 11) is -2.13. The maximum absolute atomic E-state index is 12.8. The lowest BCUT2D eigenvalue weighted by atomic mass is 10.1. The van der Waals surface area contributed by atoms with E-state index in [9.17, 15) is 13.2 Å². The van der Waals surface area contributed by atoms with Gasteiger partial charge in [0.1, 0.15) is 18.1 Å². The van der Waals surface area contributed by atoms with Gasteiger partial charge < -0.3 is 14.4 Å². The highest BCUT2D eigenvalue weighted by Gasteiger charge is 2.23. The van der Waals surface area contributed by atoms with Crippen LogP contribution in [0.25, 0.3) is 0 Å². The number of anilines is 1. The summed E-state index contributed by atoms with van der Waals surface area (Å²) < 4.78 is 39.3. The number of amides is 1. The highest BCUT2D eigenvalue weighted by Crippen LogP contribution is 2.28. The van der Waals surface area contributed by atoms with Gasteiger partial charge in [-0.2, -0.15) is 0 Å². The monoisotopic (exact) mass is 404 g/mol. The number of sulfonamides is 1. The average molecular weight is 404 g/mol. The molecule has 0 radical (unpaired) electrons. The van der Waals surface area contributed by atoms with Gasteiger partial charge in [-0.15, -0.1) is 0 Å². The van der Waals surface area contributed by atoms with Crippen molar-refractivity contribution in [3.8, 4) is 11.5 Å². The van der Waals surface area contributed by atoms with Crippen LogP contribution in [0.4, 0.5) is 5.69 Å². The van der Waals surface area contributed by atoms with Gasteiger partial charge in [0.15, 0.2) is 0 Å². The highest BCUT2D eigenvalue weighted by atomic mass is 32.2. The van der Waals surface area contributed by atoms with Gasteiger partial charge in [-0.1, -0.05) is 6.92 Å². The summed E-state index contributed by atoms with van der Waals surface area (Å²) in [6, 6.07) is 9.42. The van der Waals surface area contributed by atoms with Crippen molar-refractivity contribution in [2.45, 2.75) is 25.2 Å². The summed E-state index contributed by atoms with van der Waals surface area (Å²) in [4.78, 5) is 14.1. The van der Waals surface area contributed by atoms with Gasteiger partial charge in [-0.3, -0.25) is 9.52 Å². The average Bonchev–Trinajstić information content (AvgIpc) is 2.79. The molecule has 0 saturated carbocycles. The molecule has 0 saturated heterocycles. The molecule has 1 N–H and O–H groups in total. The smallest absolute Gasteiger partial charge is 0.261 e. The van der Waals surface area contributed by atoms with E-state index in [1.54, 1.807) is 43.1 Å². The first-order chi connectivity index (χ1) is 13.3. The van der Waals surface area contributed by atoms with Crippen molar-refractivity contribution >= 4 is 21.6 Å². The second kappa shape index (κ2) is 8.10. The van der Waals surface area contributed by atoms with Crippen molar-refractivity contribution in [2.75, 3.05) is 31.5 Å². The van der Waals surface area contributed by atoms with Crippen LogP contribution >= 0.6 is 0 Å². The fraction of sp³-hybridized carbons (Fsp3) is 0.350. The summed E-state index contributed by atoms with van der Waals surface area (Å²) >= 11 is 0. The standard InChI is InChI=1S/C20H24N2O5S/c1-4-10-26-18-8-6-16(12-14(18)2)28(24,25)21-15-5-7-19-17(13-15)20(23)22(3)9-11-27-19/h5-8,12-13,21H,4,9-11H2,1-3H3. The molecular formula is C20H24N2O5S. The van der Waals surface area contributed by atoms with Crippen LogP contribution < -0.4 is 14.2 Å². The van der Waals surface area contributed by atoms with Crippen LogP contribution in [0.2, 0.25) is 0 Å².